The molecule has 0 saturated heterocycles. The van der Waals surface area contributed by atoms with Gasteiger partial charge in [0.2, 0.25) is 0 Å². The lowest BCUT2D eigenvalue weighted by atomic mass is 10.3. The number of thiocarbonyl (C=S) groups is 1. The lowest BCUT2D eigenvalue weighted by Gasteiger charge is -2.09. The number of non-ortho nitro benzene ring substituents is 1. The van der Waals surface area contributed by atoms with E-state index in [0.29, 0.717) is 17.3 Å². The third kappa shape index (κ3) is 4.03. The second kappa shape index (κ2) is 7.33. The smallest absolute Gasteiger partial charge is 0.269 e. The topological polar surface area (TPSA) is 80.1 Å². The van der Waals surface area contributed by atoms with E-state index in [0.717, 1.165) is 16.9 Å². The van der Waals surface area contributed by atoms with E-state index in [-0.39, 0.29) is 5.69 Å². The molecule has 2 N–H and O–H groups in total. The van der Waals surface area contributed by atoms with Crippen LogP contribution in [0, 0.1) is 10.1 Å². The van der Waals surface area contributed by atoms with Crippen molar-refractivity contribution in [3.05, 3.63) is 63.7 Å². The number of fused-ring (bicyclic) bond motifs is 1. The number of benzene rings is 2. The minimum absolute atomic E-state index is 0.0512. The minimum Gasteiger partial charge on any atom is -0.362 e. The van der Waals surface area contributed by atoms with Gasteiger partial charge in [0, 0.05) is 30.8 Å². The van der Waals surface area contributed by atoms with E-state index in [2.05, 4.69) is 21.7 Å². The van der Waals surface area contributed by atoms with Crippen LogP contribution in [0.4, 0.5) is 11.4 Å². The molecule has 3 aromatic rings. The molecule has 2 aromatic carbocycles. The first kappa shape index (κ1) is 16.3. The zero-order chi connectivity index (χ0) is 16.9. The van der Waals surface area contributed by atoms with E-state index in [1.54, 1.807) is 23.5 Å². The summed E-state index contributed by atoms with van der Waals surface area (Å²) in [6.45, 7) is 0.665. The minimum atomic E-state index is -0.432. The highest BCUT2D eigenvalue weighted by Crippen LogP contribution is 2.21. The molecule has 3 rings (SSSR count). The number of anilines is 1. The molecule has 0 fully saturated rings. The summed E-state index contributed by atoms with van der Waals surface area (Å²) < 4.78 is 1.18. The summed E-state index contributed by atoms with van der Waals surface area (Å²) in [4.78, 5) is 14.8. The maximum atomic E-state index is 10.6. The van der Waals surface area contributed by atoms with Crippen molar-refractivity contribution >= 4 is 50.3 Å². The molecule has 24 heavy (non-hydrogen) atoms. The quantitative estimate of drug-likeness (QED) is 0.411. The summed E-state index contributed by atoms with van der Waals surface area (Å²) in [6, 6.07) is 14.2. The molecule has 0 saturated carbocycles. The van der Waals surface area contributed by atoms with E-state index < -0.39 is 4.92 Å². The summed E-state index contributed by atoms with van der Waals surface area (Å²) in [5.74, 6) is 0. The number of rotatable bonds is 5. The van der Waals surface area contributed by atoms with Crippen molar-refractivity contribution in [1.82, 2.24) is 10.3 Å². The van der Waals surface area contributed by atoms with Gasteiger partial charge in [-0.25, -0.2) is 4.98 Å². The molecule has 0 aliphatic heterocycles. The normalized spacial score (nSPS) is 10.5. The van der Waals surface area contributed by atoms with Crippen LogP contribution in [0.5, 0.6) is 0 Å². The second-order valence-corrected chi connectivity index (χ2v) is 6.53. The Bertz CT molecular complexity index is 844. The van der Waals surface area contributed by atoms with Gasteiger partial charge in [0.05, 0.1) is 20.1 Å². The molecular weight excluding hydrogens is 344 g/mol. The van der Waals surface area contributed by atoms with Crippen molar-refractivity contribution in [3.63, 3.8) is 0 Å². The Morgan fingerprint density at radius 1 is 1.21 bits per heavy atom. The molecule has 0 radical (unpaired) electrons. The first-order chi connectivity index (χ1) is 11.6. The zero-order valence-corrected chi connectivity index (χ0v) is 14.2. The van der Waals surface area contributed by atoms with Gasteiger partial charge in [-0.1, -0.05) is 12.1 Å². The highest BCUT2D eigenvalue weighted by atomic mass is 32.1. The Hall–Kier alpha value is -2.58. The molecule has 0 aliphatic carbocycles. The van der Waals surface area contributed by atoms with Gasteiger partial charge in [0.15, 0.2) is 5.11 Å². The third-order valence-electron chi connectivity index (χ3n) is 3.30. The summed E-state index contributed by atoms with van der Waals surface area (Å²) in [5.41, 5.74) is 1.78. The number of aromatic nitrogens is 1. The maximum absolute atomic E-state index is 10.6. The number of nitro benzene ring substituents is 1. The van der Waals surface area contributed by atoms with Crippen LogP contribution in [0.25, 0.3) is 10.2 Å². The van der Waals surface area contributed by atoms with Crippen molar-refractivity contribution in [2.75, 3.05) is 11.9 Å². The lowest BCUT2D eigenvalue weighted by molar-refractivity contribution is -0.384. The SMILES string of the molecule is O=[N+]([O-])c1ccc(NC(=S)NCCc2nc3ccccc3s2)cc1. The summed E-state index contributed by atoms with van der Waals surface area (Å²) in [7, 11) is 0. The van der Waals surface area contributed by atoms with Crippen LogP contribution in [0.1, 0.15) is 5.01 Å². The number of hydrogen-bond donors (Lipinski definition) is 2. The van der Waals surface area contributed by atoms with E-state index in [1.165, 1.54) is 16.8 Å². The van der Waals surface area contributed by atoms with Gasteiger partial charge in [-0.05, 0) is 36.5 Å². The molecular formula is C16H14N4O2S2. The Morgan fingerprint density at radius 3 is 2.67 bits per heavy atom. The number of nitrogens with one attached hydrogen (secondary N) is 2. The van der Waals surface area contributed by atoms with Gasteiger partial charge >= 0.3 is 0 Å². The molecule has 122 valence electrons. The third-order valence-corrected chi connectivity index (χ3v) is 4.64. The van der Waals surface area contributed by atoms with Gasteiger partial charge in [-0.2, -0.15) is 0 Å². The first-order valence-corrected chi connectivity index (χ1v) is 8.48. The van der Waals surface area contributed by atoms with Crippen molar-refractivity contribution in [3.8, 4) is 0 Å². The van der Waals surface area contributed by atoms with Gasteiger partial charge in [0.1, 0.15) is 0 Å². The summed E-state index contributed by atoms with van der Waals surface area (Å²) >= 11 is 6.91. The highest BCUT2D eigenvalue weighted by molar-refractivity contribution is 7.80. The molecule has 0 amide bonds. The van der Waals surface area contributed by atoms with Crippen LogP contribution in [0.2, 0.25) is 0 Å². The number of nitro groups is 1. The van der Waals surface area contributed by atoms with Gasteiger partial charge in [-0.3, -0.25) is 10.1 Å². The average Bonchev–Trinajstić information content (AvgIpc) is 2.98. The number of thiazole rings is 1. The molecule has 0 atom stereocenters. The molecule has 6 nitrogen and oxygen atoms in total. The molecule has 0 unspecified atom stereocenters. The zero-order valence-electron chi connectivity index (χ0n) is 12.6. The van der Waals surface area contributed by atoms with Crippen LogP contribution in [-0.4, -0.2) is 21.6 Å². The predicted molar refractivity (Wildman–Crippen MR) is 101 cm³/mol. The van der Waals surface area contributed by atoms with Crippen molar-refractivity contribution in [2.45, 2.75) is 6.42 Å². The summed E-state index contributed by atoms with van der Waals surface area (Å²) in [5, 5.41) is 18.3. The van der Waals surface area contributed by atoms with Crippen LogP contribution in [-0.2, 0) is 6.42 Å². The Kier molecular flexibility index (Phi) is 4.97. The molecule has 1 aromatic heterocycles. The molecule has 0 bridgehead atoms. The lowest BCUT2D eigenvalue weighted by Crippen LogP contribution is -2.30. The molecule has 0 aliphatic rings. The number of nitrogens with zero attached hydrogens (tertiary/aromatic N) is 2. The van der Waals surface area contributed by atoms with Crippen molar-refractivity contribution in [1.29, 1.82) is 0 Å². The predicted octanol–water partition coefficient (Wildman–Crippen LogP) is 3.73. The van der Waals surface area contributed by atoms with Crippen LogP contribution in [0.15, 0.2) is 48.5 Å². The largest absolute Gasteiger partial charge is 0.362 e. The van der Waals surface area contributed by atoms with Gasteiger partial charge in [-0.15, -0.1) is 11.3 Å². The van der Waals surface area contributed by atoms with Crippen molar-refractivity contribution in [2.24, 2.45) is 0 Å². The summed E-state index contributed by atoms with van der Waals surface area (Å²) in [6.07, 6.45) is 0.779. The van der Waals surface area contributed by atoms with Gasteiger partial charge < -0.3 is 10.6 Å². The fourth-order valence-corrected chi connectivity index (χ4v) is 3.34. The standard InChI is InChI=1S/C16H14N4O2S2/c21-20(22)12-7-5-11(6-8-12)18-16(23)17-10-9-15-19-13-3-1-2-4-14(13)24-15/h1-8H,9-10H2,(H2,17,18,23). The van der Waals surface area contributed by atoms with Crippen LogP contribution < -0.4 is 10.6 Å². The molecule has 0 spiro atoms. The Labute approximate surface area is 147 Å². The van der Waals surface area contributed by atoms with Crippen molar-refractivity contribution < 1.29 is 4.92 Å². The first-order valence-electron chi connectivity index (χ1n) is 7.25. The Morgan fingerprint density at radius 2 is 1.96 bits per heavy atom. The highest BCUT2D eigenvalue weighted by Gasteiger charge is 2.06. The number of para-hydroxylation sites is 1. The second-order valence-electron chi connectivity index (χ2n) is 5.01. The molecule has 1 heterocycles. The van der Waals surface area contributed by atoms with E-state index in [9.17, 15) is 10.1 Å². The Balaban J connectivity index is 1.49. The average molecular weight is 358 g/mol. The van der Waals surface area contributed by atoms with E-state index >= 15 is 0 Å². The number of hydrogen-bond acceptors (Lipinski definition) is 5. The fraction of sp³-hybridized carbons (Fsp3) is 0.125. The van der Waals surface area contributed by atoms with Crippen LogP contribution in [0.3, 0.4) is 0 Å². The van der Waals surface area contributed by atoms with E-state index in [4.69, 9.17) is 12.2 Å². The monoisotopic (exact) mass is 358 g/mol. The van der Waals surface area contributed by atoms with E-state index in [1.807, 2.05) is 18.2 Å². The molecule has 8 heteroatoms. The van der Waals surface area contributed by atoms with Crippen LogP contribution >= 0.6 is 23.6 Å². The fourth-order valence-electron chi connectivity index (χ4n) is 2.15. The van der Waals surface area contributed by atoms with Gasteiger partial charge in [0.25, 0.3) is 5.69 Å². The maximum Gasteiger partial charge on any atom is 0.269 e.